The highest BCUT2D eigenvalue weighted by molar-refractivity contribution is 7.92. The maximum Gasteiger partial charge on any atom is 0.262 e. The number of halogens is 1. The van der Waals surface area contributed by atoms with E-state index in [4.69, 9.17) is 0 Å². The summed E-state index contributed by atoms with van der Waals surface area (Å²) < 4.78 is 41.0. The van der Waals surface area contributed by atoms with E-state index in [2.05, 4.69) is 16.7 Å². The molecule has 0 bridgehead atoms. The van der Waals surface area contributed by atoms with Crippen LogP contribution in [0.2, 0.25) is 0 Å². The van der Waals surface area contributed by atoms with Gasteiger partial charge in [-0.1, -0.05) is 18.2 Å². The summed E-state index contributed by atoms with van der Waals surface area (Å²) in [6, 6.07) is 12.3. The topological polar surface area (TPSA) is 53.9 Å². The SMILES string of the molecule is C[NH+]1CCN(c2ccccc2NS(=O)(=O)c2cccc(F)c2)CC1. The van der Waals surface area contributed by atoms with Crippen LogP contribution in [-0.2, 0) is 10.0 Å². The predicted octanol–water partition coefficient (Wildman–Crippen LogP) is 0.961. The lowest BCUT2D eigenvalue weighted by molar-refractivity contribution is -0.880. The Morgan fingerprint density at radius 1 is 1.08 bits per heavy atom. The molecule has 0 unspecified atom stereocenters. The molecule has 24 heavy (non-hydrogen) atoms. The zero-order valence-corrected chi connectivity index (χ0v) is 14.3. The van der Waals surface area contributed by atoms with Crippen molar-refractivity contribution >= 4 is 21.4 Å². The van der Waals surface area contributed by atoms with Crippen molar-refractivity contribution in [1.29, 1.82) is 0 Å². The van der Waals surface area contributed by atoms with Crippen LogP contribution in [0, 0.1) is 5.82 Å². The number of piperazine rings is 1. The van der Waals surface area contributed by atoms with Crippen molar-refractivity contribution in [2.45, 2.75) is 4.90 Å². The Bertz CT molecular complexity index is 818. The summed E-state index contributed by atoms with van der Waals surface area (Å²) in [5.41, 5.74) is 1.37. The average molecular weight is 350 g/mol. The van der Waals surface area contributed by atoms with Crippen LogP contribution in [0.3, 0.4) is 0 Å². The Kier molecular flexibility index (Phi) is 4.73. The molecule has 2 aromatic carbocycles. The van der Waals surface area contributed by atoms with Gasteiger partial charge < -0.3 is 9.80 Å². The molecule has 0 aromatic heterocycles. The van der Waals surface area contributed by atoms with Crippen LogP contribution in [0.25, 0.3) is 0 Å². The number of quaternary nitrogens is 1. The highest BCUT2D eigenvalue weighted by Gasteiger charge is 2.22. The van der Waals surface area contributed by atoms with Gasteiger partial charge in [-0.25, -0.2) is 12.8 Å². The normalized spacial score (nSPS) is 16.2. The fourth-order valence-corrected chi connectivity index (χ4v) is 3.91. The minimum Gasteiger partial charge on any atom is -0.359 e. The van der Waals surface area contributed by atoms with Crippen LogP contribution in [0.5, 0.6) is 0 Å². The second-order valence-electron chi connectivity index (χ2n) is 6.02. The quantitative estimate of drug-likeness (QED) is 0.864. The Labute approximate surface area is 141 Å². The van der Waals surface area contributed by atoms with Gasteiger partial charge in [-0.15, -0.1) is 0 Å². The lowest BCUT2D eigenvalue weighted by atomic mass is 10.2. The Hall–Kier alpha value is -2.12. The van der Waals surface area contributed by atoms with Gasteiger partial charge in [0.2, 0.25) is 0 Å². The molecule has 3 rings (SSSR count). The first-order valence-corrected chi connectivity index (χ1v) is 9.38. The molecule has 0 radical (unpaired) electrons. The van der Waals surface area contributed by atoms with E-state index < -0.39 is 15.8 Å². The third kappa shape index (κ3) is 3.68. The number of nitrogens with zero attached hydrogens (tertiary/aromatic N) is 1. The molecule has 1 aliphatic heterocycles. The van der Waals surface area contributed by atoms with Gasteiger partial charge in [0.05, 0.1) is 49.5 Å². The van der Waals surface area contributed by atoms with Gasteiger partial charge in [0, 0.05) is 0 Å². The van der Waals surface area contributed by atoms with Crippen LogP contribution in [0.15, 0.2) is 53.4 Å². The second kappa shape index (κ2) is 6.78. The number of sulfonamides is 1. The molecule has 7 heteroatoms. The van der Waals surface area contributed by atoms with Crippen LogP contribution >= 0.6 is 0 Å². The van der Waals surface area contributed by atoms with E-state index in [-0.39, 0.29) is 4.90 Å². The summed E-state index contributed by atoms with van der Waals surface area (Å²) in [6.07, 6.45) is 0. The van der Waals surface area contributed by atoms with Gasteiger partial charge in [-0.2, -0.15) is 0 Å². The second-order valence-corrected chi connectivity index (χ2v) is 7.71. The fraction of sp³-hybridized carbons (Fsp3) is 0.294. The van der Waals surface area contributed by atoms with E-state index in [0.717, 1.165) is 37.9 Å². The molecule has 1 aliphatic rings. The molecule has 0 atom stereocenters. The largest absolute Gasteiger partial charge is 0.359 e. The molecular weight excluding hydrogens is 329 g/mol. The van der Waals surface area contributed by atoms with Crippen molar-refractivity contribution in [1.82, 2.24) is 0 Å². The van der Waals surface area contributed by atoms with Crippen molar-refractivity contribution in [3.05, 3.63) is 54.3 Å². The smallest absolute Gasteiger partial charge is 0.262 e. The van der Waals surface area contributed by atoms with Crippen LogP contribution in [-0.4, -0.2) is 41.6 Å². The molecule has 5 nitrogen and oxygen atoms in total. The lowest BCUT2D eigenvalue weighted by Crippen LogP contribution is -3.12. The summed E-state index contributed by atoms with van der Waals surface area (Å²) in [7, 11) is -1.68. The molecule has 1 heterocycles. The van der Waals surface area contributed by atoms with Crippen LogP contribution < -0.4 is 14.5 Å². The average Bonchev–Trinajstić information content (AvgIpc) is 2.56. The molecule has 0 saturated carbocycles. The van der Waals surface area contributed by atoms with Gasteiger partial charge in [-0.3, -0.25) is 4.72 Å². The number of benzene rings is 2. The van der Waals surface area contributed by atoms with Gasteiger partial charge in [0.15, 0.2) is 0 Å². The van der Waals surface area contributed by atoms with E-state index in [9.17, 15) is 12.8 Å². The van der Waals surface area contributed by atoms with Crippen molar-refractivity contribution in [2.24, 2.45) is 0 Å². The summed E-state index contributed by atoms with van der Waals surface area (Å²) in [5, 5.41) is 0. The monoisotopic (exact) mass is 350 g/mol. The minimum atomic E-state index is -3.83. The molecule has 128 valence electrons. The summed E-state index contributed by atoms with van der Waals surface area (Å²) in [5.74, 6) is -0.576. The maximum atomic E-state index is 13.3. The number of rotatable bonds is 4. The van der Waals surface area contributed by atoms with Crippen molar-refractivity contribution in [3.63, 3.8) is 0 Å². The van der Waals surface area contributed by atoms with Gasteiger partial charge in [-0.05, 0) is 30.3 Å². The number of hydrogen-bond acceptors (Lipinski definition) is 3. The van der Waals surface area contributed by atoms with Crippen molar-refractivity contribution in [2.75, 3.05) is 42.8 Å². The van der Waals surface area contributed by atoms with E-state index in [1.165, 1.54) is 23.1 Å². The standard InChI is InChI=1S/C17H20FN3O2S/c1-20-9-11-21(12-10-20)17-8-3-2-7-16(17)19-24(22,23)15-6-4-5-14(18)13-15/h2-8,13,19H,9-12H2,1H3/p+1. The third-order valence-corrected chi connectivity index (χ3v) is 5.58. The molecule has 0 spiro atoms. The summed E-state index contributed by atoms with van der Waals surface area (Å²) in [4.78, 5) is 3.56. The first kappa shape index (κ1) is 16.7. The Morgan fingerprint density at radius 3 is 2.50 bits per heavy atom. The number of anilines is 2. The van der Waals surface area contributed by atoms with Gasteiger partial charge in [0.1, 0.15) is 5.82 Å². The lowest BCUT2D eigenvalue weighted by Gasteiger charge is -2.33. The third-order valence-electron chi connectivity index (χ3n) is 4.21. The highest BCUT2D eigenvalue weighted by Crippen LogP contribution is 2.28. The Balaban J connectivity index is 1.88. The zero-order valence-electron chi connectivity index (χ0n) is 13.5. The summed E-state index contributed by atoms with van der Waals surface area (Å²) >= 11 is 0. The van der Waals surface area contributed by atoms with Crippen molar-refractivity contribution in [3.8, 4) is 0 Å². The van der Waals surface area contributed by atoms with Gasteiger partial charge >= 0.3 is 0 Å². The molecular formula is C17H21FN3O2S+. The summed E-state index contributed by atoms with van der Waals surface area (Å²) in [6.45, 7) is 3.74. The molecule has 1 fully saturated rings. The van der Waals surface area contributed by atoms with Gasteiger partial charge in [0.25, 0.3) is 10.0 Å². The fourth-order valence-electron chi connectivity index (χ4n) is 2.80. The first-order chi connectivity index (χ1) is 11.5. The maximum absolute atomic E-state index is 13.3. The predicted molar refractivity (Wildman–Crippen MR) is 92.5 cm³/mol. The number of likely N-dealkylation sites (N-methyl/N-ethyl adjacent to an activating group) is 1. The molecule has 2 aromatic rings. The number of nitrogens with one attached hydrogen (secondary N) is 2. The minimum absolute atomic E-state index is 0.0832. The molecule has 0 aliphatic carbocycles. The van der Waals surface area contributed by atoms with Crippen molar-refractivity contribution < 1.29 is 17.7 Å². The highest BCUT2D eigenvalue weighted by atomic mass is 32.2. The van der Waals surface area contributed by atoms with E-state index in [0.29, 0.717) is 5.69 Å². The molecule has 2 N–H and O–H groups in total. The van der Waals surface area contributed by atoms with E-state index in [1.807, 2.05) is 12.1 Å². The van der Waals surface area contributed by atoms with Crippen LogP contribution in [0.1, 0.15) is 0 Å². The zero-order chi connectivity index (χ0) is 17.2. The number of hydrogen-bond donors (Lipinski definition) is 2. The molecule has 0 amide bonds. The Morgan fingerprint density at radius 2 is 1.79 bits per heavy atom. The van der Waals surface area contributed by atoms with E-state index >= 15 is 0 Å². The van der Waals surface area contributed by atoms with E-state index in [1.54, 1.807) is 12.1 Å². The first-order valence-electron chi connectivity index (χ1n) is 7.89. The van der Waals surface area contributed by atoms with Crippen LogP contribution in [0.4, 0.5) is 15.8 Å². The molecule has 1 saturated heterocycles. The number of para-hydroxylation sites is 2.